The van der Waals surface area contributed by atoms with Crippen molar-refractivity contribution in [3.05, 3.63) is 0 Å². The van der Waals surface area contributed by atoms with E-state index in [-0.39, 0.29) is 5.60 Å². The van der Waals surface area contributed by atoms with Crippen molar-refractivity contribution in [2.24, 2.45) is 0 Å². The Kier molecular flexibility index (Phi) is 3.95. The highest BCUT2D eigenvalue weighted by Crippen LogP contribution is 2.06. The SMILES string of the molecule is [B]CCCOC(C)(C)C. The Bertz CT molecular complexity index is 65.8. The number of hydrogen-bond acceptors (Lipinski definition) is 1. The second kappa shape index (κ2) is 3.94. The Balaban J connectivity index is 3.07. The minimum absolute atomic E-state index is 0.00479. The molecule has 1 nitrogen and oxygen atoms in total. The van der Waals surface area contributed by atoms with Gasteiger partial charge in [-0.1, -0.05) is 6.32 Å². The first-order chi connectivity index (χ1) is 4.06. The van der Waals surface area contributed by atoms with Crippen LogP contribution in [-0.4, -0.2) is 20.1 Å². The molecule has 0 aromatic carbocycles. The summed E-state index contributed by atoms with van der Waals surface area (Å²) in [5.74, 6) is 0. The van der Waals surface area contributed by atoms with E-state index in [0.717, 1.165) is 19.3 Å². The summed E-state index contributed by atoms with van der Waals surface area (Å²) in [6.07, 6.45) is 1.67. The molecule has 0 aromatic heterocycles. The Hall–Kier alpha value is 0.0249. The number of ether oxygens (including phenoxy) is 1. The summed E-state index contributed by atoms with van der Waals surface area (Å²) in [6, 6.07) is 0. The number of hydrogen-bond donors (Lipinski definition) is 0. The van der Waals surface area contributed by atoms with Crippen molar-refractivity contribution in [3.63, 3.8) is 0 Å². The highest BCUT2D eigenvalue weighted by Gasteiger charge is 2.07. The van der Waals surface area contributed by atoms with Crippen LogP contribution in [0.4, 0.5) is 0 Å². The summed E-state index contributed by atoms with van der Waals surface area (Å²) in [4.78, 5) is 0. The van der Waals surface area contributed by atoms with Crippen LogP contribution < -0.4 is 0 Å². The average Bonchev–Trinajstić information content (AvgIpc) is 1.63. The molecule has 0 heterocycles. The van der Waals surface area contributed by atoms with Gasteiger partial charge >= 0.3 is 0 Å². The quantitative estimate of drug-likeness (QED) is 0.413. The lowest BCUT2D eigenvalue weighted by Crippen LogP contribution is -2.19. The monoisotopic (exact) mass is 126 g/mol. The van der Waals surface area contributed by atoms with Crippen LogP contribution in [0, 0.1) is 0 Å². The molecule has 0 aromatic rings. The molecular weight excluding hydrogens is 111 g/mol. The van der Waals surface area contributed by atoms with E-state index in [2.05, 4.69) is 0 Å². The van der Waals surface area contributed by atoms with E-state index in [1.54, 1.807) is 0 Å². The zero-order valence-electron chi connectivity index (χ0n) is 6.61. The van der Waals surface area contributed by atoms with E-state index >= 15 is 0 Å². The summed E-state index contributed by atoms with van der Waals surface area (Å²) < 4.78 is 5.39. The Morgan fingerprint density at radius 3 is 2.22 bits per heavy atom. The lowest BCUT2D eigenvalue weighted by molar-refractivity contribution is -0.00228. The van der Waals surface area contributed by atoms with Crippen LogP contribution in [0.1, 0.15) is 27.2 Å². The Labute approximate surface area is 59.2 Å². The van der Waals surface area contributed by atoms with Crippen molar-refractivity contribution in [1.82, 2.24) is 0 Å². The van der Waals surface area contributed by atoms with Gasteiger partial charge in [-0.15, -0.1) is 0 Å². The van der Waals surface area contributed by atoms with Crippen molar-refractivity contribution in [2.45, 2.75) is 39.1 Å². The van der Waals surface area contributed by atoms with Crippen LogP contribution in [0.15, 0.2) is 0 Å². The van der Waals surface area contributed by atoms with Gasteiger partial charge in [0.25, 0.3) is 0 Å². The fraction of sp³-hybridized carbons (Fsp3) is 1.00. The standard InChI is InChI=1S/C7H15BO/c1-7(2,3)9-6-4-5-8/h4-6H2,1-3H3. The molecule has 9 heavy (non-hydrogen) atoms. The molecular formula is C7H15BO. The maximum absolute atomic E-state index is 5.39. The molecule has 0 fully saturated rings. The first kappa shape index (κ1) is 9.02. The third kappa shape index (κ3) is 8.02. The van der Waals surface area contributed by atoms with E-state index in [0.29, 0.717) is 0 Å². The minimum atomic E-state index is -0.00479. The van der Waals surface area contributed by atoms with Gasteiger partial charge in [0.05, 0.1) is 13.4 Å². The molecule has 0 spiro atoms. The van der Waals surface area contributed by atoms with E-state index in [4.69, 9.17) is 12.6 Å². The van der Waals surface area contributed by atoms with E-state index in [9.17, 15) is 0 Å². The molecule has 52 valence electrons. The molecule has 0 unspecified atom stereocenters. The van der Waals surface area contributed by atoms with Crippen LogP contribution in [0.25, 0.3) is 0 Å². The van der Waals surface area contributed by atoms with Gasteiger partial charge in [0, 0.05) is 6.61 Å². The molecule has 0 aliphatic heterocycles. The van der Waals surface area contributed by atoms with Crippen molar-refractivity contribution in [2.75, 3.05) is 6.61 Å². The third-order valence-corrected chi connectivity index (χ3v) is 0.884. The summed E-state index contributed by atoms with van der Waals surface area (Å²) in [5.41, 5.74) is -0.00479. The molecule has 0 saturated heterocycles. The summed E-state index contributed by atoms with van der Waals surface area (Å²) in [5, 5.41) is 0. The van der Waals surface area contributed by atoms with E-state index < -0.39 is 0 Å². The molecule has 0 amide bonds. The summed E-state index contributed by atoms with van der Waals surface area (Å²) >= 11 is 0. The van der Waals surface area contributed by atoms with Gasteiger partial charge in [0.15, 0.2) is 0 Å². The van der Waals surface area contributed by atoms with Crippen molar-refractivity contribution in [3.8, 4) is 0 Å². The molecule has 0 rings (SSSR count). The minimum Gasteiger partial charge on any atom is -0.376 e. The van der Waals surface area contributed by atoms with Crippen LogP contribution in [0.5, 0.6) is 0 Å². The fourth-order valence-corrected chi connectivity index (χ4v) is 0.462. The van der Waals surface area contributed by atoms with Gasteiger partial charge < -0.3 is 4.74 Å². The molecule has 0 aliphatic carbocycles. The van der Waals surface area contributed by atoms with Crippen LogP contribution >= 0.6 is 0 Å². The normalized spacial score (nSPS) is 11.9. The lowest BCUT2D eigenvalue weighted by Gasteiger charge is -2.18. The molecule has 0 bridgehead atoms. The maximum atomic E-state index is 5.39. The fourth-order valence-electron chi connectivity index (χ4n) is 0.462. The molecule has 0 N–H and O–H groups in total. The Morgan fingerprint density at radius 2 is 1.89 bits per heavy atom. The van der Waals surface area contributed by atoms with Crippen molar-refractivity contribution < 1.29 is 4.74 Å². The third-order valence-electron chi connectivity index (χ3n) is 0.884. The van der Waals surface area contributed by atoms with Gasteiger partial charge in [-0.05, 0) is 27.2 Å². The zero-order chi connectivity index (χ0) is 7.33. The van der Waals surface area contributed by atoms with Crippen molar-refractivity contribution >= 4 is 7.85 Å². The second-order valence-corrected chi connectivity index (χ2v) is 3.10. The summed E-state index contributed by atoms with van der Waals surface area (Å²) in [7, 11) is 5.28. The van der Waals surface area contributed by atoms with Crippen molar-refractivity contribution in [1.29, 1.82) is 0 Å². The predicted molar refractivity (Wildman–Crippen MR) is 40.9 cm³/mol. The average molecular weight is 126 g/mol. The maximum Gasteiger partial charge on any atom is 0.0654 e. The second-order valence-electron chi connectivity index (χ2n) is 3.10. The van der Waals surface area contributed by atoms with E-state index in [1.165, 1.54) is 0 Å². The van der Waals surface area contributed by atoms with Gasteiger partial charge in [-0.2, -0.15) is 0 Å². The van der Waals surface area contributed by atoms with Gasteiger partial charge in [0.1, 0.15) is 0 Å². The first-order valence-electron chi connectivity index (χ1n) is 3.40. The largest absolute Gasteiger partial charge is 0.376 e. The molecule has 0 aliphatic rings. The number of rotatable bonds is 3. The molecule has 0 atom stereocenters. The predicted octanol–water partition coefficient (Wildman–Crippen LogP) is 1.78. The molecule has 2 heteroatoms. The Morgan fingerprint density at radius 1 is 1.33 bits per heavy atom. The molecule has 2 radical (unpaired) electrons. The zero-order valence-corrected chi connectivity index (χ0v) is 6.61. The van der Waals surface area contributed by atoms with Gasteiger partial charge in [-0.3, -0.25) is 0 Å². The summed E-state index contributed by atoms with van der Waals surface area (Å²) in [6.45, 7) is 6.91. The van der Waals surface area contributed by atoms with Crippen LogP contribution in [0.3, 0.4) is 0 Å². The molecule has 0 saturated carbocycles. The highest BCUT2D eigenvalue weighted by atomic mass is 16.5. The van der Waals surface area contributed by atoms with Crippen LogP contribution in [-0.2, 0) is 4.74 Å². The lowest BCUT2D eigenvalue weighted by atomic mass is 10.0. The smallest absolute Gasteiger partial charge is 0.0654 e. The van der Waals surface area contributed by atoms with Crippen LogP contribution in [0.2, 0.25) is 6.32 Å². The first-order valence-corrected chi connectivity index (χ1v) is 3.40. The van der Waals surface area contributed by atoms with Gasteiger partial charge in [0.2, 0.25) is 0 Å². The van der Waals surface area contributed by atoms with E-state index in [1.807, 2.05) is 20.8 Å². The highest BCUT2D eigenvalue weighted by molar-refractivity contribution is 6.08. The topological polar surface area (TPSA) is 9.23 Å². The van der Waals surface area contributed by atoms with Gasteiger partial charge in [-0.25, -0.2) is 0 Å².